The van der Waals surface area contributed by atoms with Crippen LogP contribution in [0, 0.1) is 0 Å². The molecule has 18 heavy (non-hydrogen) atoms. The Balaban J connectivity index is 2.19. The molecule has 0 radical (unpaired) electrons. The molecular weight excluding hydrogens is 256 g/mol. The second-order valence-electron chi connectivity index (χ2n) is 3.73. The Bertz CT molecular complexity index is 344. The monoisotopic (exact) mass is 274 g/mol. The van der Waals surface area contributed by atoms with Crippen LogP contribution in [0.1, 0.15) is 12.0 Å². The van der Waals surface area contributed by atoms with E-state index in [2.05, 4.69) is 0 Å². The van der Waals surface area contributed by atoms with Gasteiger partial charge in [-0.3, -0.25) is 0 Å². The summed E-state index contributed by atoms with van der Waals surface area (Å²) in [4.78, 5) is 0. The van der Waals surface area contributed by atoms with Crippen molar-refractivity contribution in [2.45, 2.75) is 13.0 Å². The van der Waals surface area contributed by atoms with Crippen LogP contribution >= 0.6 is 11.6 Å². The lowest BCUT2D eigenvalue weighted by molar-refractivity contribution is 0.0806. The lowest BCUT2D eigenvalue weighted by Crippen LogP contribution is -2.08. The molecule has 0 amide bonds. The highest BCUT2D eigenvalue weighted by Crippen LogP contribution is 2.25. The van der Waals surface area contributed by atoms with E-state index in [-0.39, 0.29) is 6.61 Å². The standard InChI is InChI=1S/C13H19ClO4/c1-16-5-2-6-17-7-8-18-13-4-3-11(10-15)9-12(13)14/h3-4,9,15H,2,5-8,10H2,1H3. The number of methoxy groups -OCH3 is 1. The van der Waals surface area contributed by atoms with E-state index < -0.39 is 0 Å². The quantitative estimate of drug-likeness (QED) is 0.702. The van der Waals surface area contributed by atoms with Crippen molar-refractivity contribution < 1.29 is 19.3 Å². The van der Waals surface area contributed by atoms with Crippen LogP contribution in [0.3, 0.4) is 0 Å². The van der Waals surface area contributed by atoms with Gasteiger partial charge in [0.25, 0.3) is 0 Å². The smallest absolute Gasteiger partial charge is 0.138 e. The minimum absolute atomic E-state index is 0.0252. The highest BCUT2D eigenvalue weighted by molar-refractivity contribution is 6.32. The summed E-state index contributed by atoms with van der Waals surface area (Å²) in [5, 5.41) is 9.44. The van der Waals surface area contributed by atoms with Crippen LogP contribution in [-0.2, 0) is 16.1 Å². The van der Waals surface area contributed by atoms with E-state index in [1.807, 2.05) is 0 Å². The number of benzene rings is 1. The summed E-state index contributed by atoms with van der Waals surface area (Å²) in [6, 6.07) is 5.22. The molecule has 1 N–H and O–H groups in total. The van der Waals surface area contributed by atoms with E-state index >= 15 is 0 Å². The topological polar surface area (TPSA) is 47.9 Å². The first-order valence-electron chi connectivity index (χ1n) is 5.86. The molecule has 0 saturated carbocycles. The normalized spacial score (nSPS) is 10.6. The Kier molecular flexibility index (Phi) is 7.76. The van der Waals surface area contributed by atoms with Gasteiger partial charge in [0.1, 0.15) is 12.4 Å². The van der Waals surface area contributed by atoms with Gasteiger partial charge in [0.05, 0.1) is 18.2 Å². The van der Waals surface area contributed by atoms with E-state index in [0.29, 0.717) is 37.2 Å². The Labute approximate surface area is 112 Å². The molecule has 1 rings (SSSR count). The highest BCUT2D eigenvalue weighted by atomic mass is 35.5. The number of hydrogen-bond acceptors (Lipinski definition) is 4. The van der Waals surface area contributed by atoms with Crippen LogP contribution in [0.15, 0.2) is 18.2 Å². The van der Waals surface area contributed by atoms with Crippen LogP contribution in [0.5, 0.6) is 5.75 Å². The lowest BCUT2D eigenvalue weighted by Gasteiger charge is -2.09. The maximum Gasteiger partial charge on any atom is 0.138 e. The molecule has 1 aromatic rings. The Morgan fingerprint density at radius 2 is 2.00 bits per heavy atom. The molecule has 0 spiro atoms. The van der Waals surface area contributed by atoms with Crippen LogP contribution in [0.2, 0.25) is 5.02 Å². The average Bonchev–Trinajstić information content (AvgIpc) is 2.39. The molecule has 0 heterocycles. The van der Waals surface area contributed by atoms with Gasteiger partial charge in [0.2, 0.25) is 0 Å². The summed E-state index contributed by atoms with van der Waals surface area (Å²) in [6.07, 6.45) is 0.877. The van der Waals surface area contributed by atoms with Gasteiger partial charge < -0.3 is 19.3 Å². The number of aliphatic hydroxyl groups is 1. The van der Waals surface area contributed by atoms with Crippen LogP contribution in [-0.4, -0.2) is 38.6 Å². The van der Waals surface area contributed by atoms with Crippen molar-refractivity contribution >= 4 is 11.6 Å². The number of aliphatic hydroxyl groups excluding tert-OH is 1. The second kappa shape index (κ2) is 9.16. The molecule has 0 fully saturated rings. The second-order valence-corrected chi connectivity index (χ2v) is 4.14. The first kappa shape index (κ1) is 15.2. The molecule has 4 nitrogen and oxygen atoms in total. The Hall–Kier alpha value is -0.810. The van der Waals surface area contributed by atoms with E-state index in [0.717, 1.165) is 12.0 Å². The maximum atomic E-state index is 8.94. The fourth-order valence-electron chi connectivity index (χ4n) is 1.38. The van der Waals surface area contributed by atoms with Crippen molar-refractivity contribution in [3.63, 3.8) is 0 Å². The highest BCUT2D eigenvalue weighted by Gasteiger charge is 2.02. The fourth-order valence-corrected chi connectivity index (χ4v) is 1.64. The predicted octanol–water partition coefficient (Wildman–Crippen LogP) is 2.26. The molecule has 0 aliphatic rings. The summed E-state index contributed by atoms with van der Waals surface area (Å²) in [6.45, 7) is 2.30. The summed E-state index contributed by atoms with van der Waals surface area (Å²) in [5.74, 6) is 0.606. The van der Waals surface area contributed by atoms with Crippen molar-refractivity contribution in [3.05, 3.63) is 28.8 Å². The van der Waals surface area contributed by atoms with Crippen LogP contribution in [0.25, 0.3) is 0 Å². The maximum absolute atomic E-state index is 8.94. The van der Waals surface area contributed by atoms with E-state index in [1.54, 1.807) is 25.3 Å². The summed E-state index contributed by atoms with van der Waals surface area (Å²) in [7, 11) is 1.67. The van der Waals surface area contributed by atoms with Gasteiger partial charge in [0.15, 0.2) is 0 Å². The Morgan fingerprint density at radius 3 is 2.67 bits per heavy atom. The van der Waals surface area contributed by atoms with Gasteiger partial charge in [0, 0.05) is 20.3 Å². The molecule has 0 aliphatic heterocycles. The summed E-state index contributed by atoms with van der Waals surface area (Å²) in [5.41, 5.74) is 0.767. The molecule has 0 bridgehead atoms. The number of rotatable bonds is 9. The SMILES string of the molecule is COCCCOCCOc1ccc(CO)cc1Cl. The minimum atomic E-state index is -0.0252. The van der Waals surface area contributed by atoms with Crippen molar-refractivity contribution in [2.24, 2.45) is 0 Å². The largest absolute Gasteiger partial charge is 0.490 e. The van der Waals surface area contributed by atoms with Crippen molar-refractivity contribution in [1.82, 2.24) is 0 Å². The minimum Gasteiger partial charge on any atom is -0.490 e. The average molecular weight is 275 g/mol. The van der Waals surface area contributed by atoms with Crippen molar-refractivity contribution in [3.8, 4) is 5.75 Å². The lowest BCUT2D eigenvalue weighted by atomic mass is 10.2. The molecule has 102 valence electrons. The third-order valence-corrected chi connectivity index (χ3v) is 2.60. The first-order chi connectivity index (χ1) is 8.77. The molecule has 0 saturated heterocycles. The number of hydrogen-bond donors (Lipinski definition) is 1. The molecule has 0 unspecified atom stereocenters. The van der Waals surface area contributed by atoms with Gasteiger partial charge in [-0.15, -0.1) is 0 Å². The summed E-state index contributed by atoms with van der Waals surface area (Å²) >= 11 is 6.00. The zero-order chi connectivity index (χ0) is 13.2. The third-order valence-electron chi connectivity index (χ3n) is 2.30. The van der Waals surface area contributed by atoms with Gasteiger partial charge in [-0.05, 0) is 24.1 Å². The Morgan fingerprint density at radius 1 is 1.17 bits per heavy atom. The number of ether oxygens (including phenoxy) is 3. The molecule has 0 aromatic heterocycles. The van der Waals surface area contributed by atoms with Gasteiger partial charge in [-0.2, -0.15) is 0 Å². The zero-order valence-corrected chi connectivity index (χ0v) is 11.3. The van der Waals surface area contributed by atoms with Gasteiger partial charge >= 0.3 is 0 Å². The van der Waals surface area contributed by atoms with Gasteiger partial charge in [-0.25, -0.2) is 0 Å². The van der Waals surface area contributed by atoms with E-state index in [1.165, 1.54) is 0 Å². The van der Waals surface area contributed by atoms with Crippen LogP contribution in [0.4, 0.5) is 0 Å². The number of halogens is 1. The molecular formula is C13H19ClO4. The molecule has 0 aliphatic carbocycles. The molecule has 1 aromatic carbocycles. The fraction of sp³-hybridized carbons (Fsp3) is 0.538. The van der Waals surface area contributed by atoms with E-state index in [9.17, 15) is 0 Å². The zero-order valence-electron chi connectivity index (χ0n) is 10.5. The third kappa shape index (κ3) is 5.69. The predicted molar refractivity (Wildman–Crippen MR) is 70.2 cm³/mol. The molecule has 0 atom stereocenters. The molecule has 5 heteroatoms. The first-order valence-corrected chi connectivity index (χ1v) is 6.24. The van der Waals surface area contributed by atoms with Crippen molar-refractivity contribution in [2.75, 3.05) is 33.5 Å². The van der Waals surface area contributed by atoms with Crippen molar-refractivity contribution in [1.29, 1.82) is 0 Å². The van der Waals surface area contributed by atoms with Crippen LogP contribution < -0.4 is 4.74 Å². The van der Waals surface area contributed by atoms with E-state index in [4.69, 9.17) is 30.9 Å². The van der Waals surface area contributed by atoms with Gasteiger partial charge in [-0.1, -0.05) is 17.7 Å². The summed E-state index contributed by atoms with van der Waals surface area (Å²) < 4.78 is 15.7.